The zero-order chi connectivity index (χ0) is 83.9. The molecule has 13 fully saturated rings. The quantitative estimate of drug-likeness (QED) is 0.0583. The average Bonchev–Trinajstić information content (AvgIpc) is 1.62. The number of esters is 3. The molecular formula is C111H186O6. The summed E-state index contributed by atoms with van der Waals surface area (Å²) in [5.74, 6) is 21.9. The molecule has 26 atom stereocenters. The van der Waals surface area contributed by atoms with Crippen molar-refractivity contribution in [2.75, 3.05) is 7.11 Å². The Hall–Kier alpha value is -2.63. The molecular weight excluding hydrogens is 1430 g/mol. The predicted molar refractivity (Wildman–Crippen MR) is 491 cm³/mol. The molecule has 0 heterocycles. The van der Waals surface area contributed by atoms with Gasteiger partial charge in [0.15, 0.2) is 0 Å². The lowest BCUT2D eigenvalue weighted by molar-refractivity contribution is -0.160. The van der Waals surface area contributed by atoms with E-state index < -0.39 is 0 Å². The second-order valence-corrected chi connectivity index (χ2v) is 47.8. The summed E-state index contributed by atoms with van der Waals surface area (Å²) in [5.41, 5.74) is 7.79. The van der Waals surface area contributed by atoms with Crippen LogP contribution in [0.25, 0.3) is 0 Å². The van der Waals surface area contributed by atoms with Crippen molar-refractivity contribution >= 4 is 17.9 Å². The third kappa shape index (κ3) is 20.9. The van der Waals surface area contributed by atoms with Crippen LogP contribution in [0.4, 0.5) is 0 Å². The first-order valence-electron chi connectivity index (χ1n) is 52.0. The van der Waals surface area contributed by atoms with Gasteiger partial charge >= 0.3 is 17.9 Å². The molecule has 666 valence electrons. The Labute approximate surface area is 722 Å². The van der Waals surface area contributed by atoms with E-state index in [0.29, 0.717) is 32.5 Å². The summed E-state index contributed by atoms with van der Waals surface area (Å²) in [5, 5.41) is 0. The molecule has 1 aromatic carbocycles. The lowest BCUT2D eigenvalue weighted by Gasteiger charge is -2.61. The van der Waals surface area contributed by atoms with E-state index >= 15 is 0 Å². The number of aryl methyl sites for hydroxylation is 1. The molecule has 14 aliphatic carbocycles. The van der Waals surface area contributed by atoms with Crippen LogP contribution in [0.1, 0.15) is 444 Å². The summed E-state index contributed by atoms with van der Waals surface area (Å²) in [6, 6.07) is 9.59. The van der Waals surface area contributed by atoms with Crippen LogP contribution < -0.4 is 0 Å². The molecule has 0 N–H and O–H groups in total. The molecule has 0 bridgehead atoms. The van der Waals surface area contributed by atoms with E-state index in [2.05, 4.69) is 148 Å². The number of hydrogen-bond acceptors (Lipinski definition) is 6. The fourth-order valence-electron chi connectivity index (χ4n) is 33.8. The molecule has 26 unspecified atom stereocenters. The van der Waals surface area contributed by atoms with E-state index in [9.17, 15) is 14.4 Å². The van der Waals surface area contributed by atoms with Crippen LogP contribution >= 0.6 is 0 Å². The van der Waals surface area contributed by atoms with Gasteiger partial charge in [0.2, 0.25) is 0 Å². The van der Waals surface area contributed by atoms with Gasteiger partial charge in [-0.3, -0.25) is 14.4 Å². The van der Waals surface area contributed by atoms with Crippen molar-refractivity contribution in [1.82, 2.24) is 0 Å². The van der Waals surface area contributed by atoms with Crippen molar-refractivity contribution in [2.45, 2.75) is 451 Å². The third-order valence-corrected chi connectivity index (χ3v) is 40.2. The molecule has 0 spiro atoms. The molecule has 14 aliphatic rings. The highest BCUT2D eigenvalue weighted by Gasteiger charge is 2.64. The van der Waals surface area contributed by atoms with Crippen LogP contribution in [0.15, 0.2) is 35.9 Å². The molecule has 0 radical (unpaired) electrons. The molecule has 117 heavy (non-hydrogen) atoms. The van der Waals surface area contributed by atoms with Gasteiger partial charge in [-0.25, -0.2) is 0 Å². The summed E-state index contributed by atoms with van der Waals surface area (Å²) in [6.45, 7) is 45.6. The molecule has 0 saturated heterocycles. The first-order valence-corrected chi connectivity index (χ1v) is 52.0. The Kier molecular flexibility index (Phi) is 32.6. The van der Waals surface area contributed by atoms with Gasteiger partial charge in [-0.1, -0.05) is 244 Å². The molecule has 6 nitrogen and oxygen atoms in total. The average molecular weight is 1620 g/mol. The standard InChI is InChI=1S/2C29H50O2.C29H48O2.C24H38/c1-19(2)8-7-9-20(3)24-12-13-25-23-11-10-22-18-21(27(30)31-6)14-16-28(22,4)26(23)15-17-29(24,25)5;2*1-19(2)8-7-9-20(3)25-12-13-26-24-11-10-22-18-23(31-21(4)30)14-16-28(22,5)27(24)15-17-29(25,26)6;1-3-5-19-7-11-21(12-8-19)23-15-17-24(18-16-23)22-13-9-20(6-4-2)10-14-22/h19-26H,7-18H2,1-6H3;19-20,22-27H,7-18H2,1-6H3;10,19-20,23-27H,7-9,11-18H2,1-6H3;7-8,11-12,20,22-24H,3-6,9-10,13-18H2,1-2H3. The van der Waals surface area contributed by atoms with Crippen LogP contribution in [0.2, 0.25) is 0 Å². The summed E-state index contributed by atoms with van der Waals surface area (Å²) in [7, 11) is 1.56. The van der Waals surface area contributed by atoms with Crippen LogP contribution in [0.3, 0.4) is 0 Å². The van der Waals surface area contributed by atoms with Crippen molar-refractivity contribution in [1.29, 1.82) is 0 Å². The number of hydrogen-bond donors (Lipinski definition) is 0. The lowest BCUT2D eigenvalue weighted by Crippen LogP contribution is -2.54. The maximum absolute atomic E-state index is 12.2. The monoisotopic (exact) mass is 1620 g/mol. The fourth-order valence-corrected chi connectivity index (χ4v) is 33.8. The number of carbonyl (C=O) groups is 3. The van der Waals surface area contributed by atoms with Gasteiger partial charge in [-0.15, -0.1) is 0 Å². The minimum absolute atomic E-state index is 0.0467. The highest BCUT2D eigenvalue weighted by Crippen LogP contribution is 2.72. The predicted octanol–water partition coefficient (Wildman–Crippen LogP) is 31.4. The summed E-state index contributed by atoms with van der Waals surface area (Å²) in [6.07, 6.45) is 67.5. The second kappa shape index (κ2) is 40.8. The van der Waals surface area contributed by atoms with Crippen molar-refractivity contribution in [3.8, 4) is 0 Å². The number of methoxy groups -OCH3 is 1. The normalized spacial score (nSPS) is 41.9. The Morgan fingerprint density at radius 2 is 0.846 bits per heavy atom. The molecule has 1 aromatic rings. The minimum Gasteiger partial charge on any atom is -0.469 e. The fraction of sp³-hybridized carbons (Fsp3) is 0.901. The van der Waals surface area contributed by atoms with E-state index in [0.717, 1.165) is 181 Å². The lowest BCUT2D eigenvalue weighted by atomic mass is 9.44. The third-order valence-electron chi connectivity index (χ3n) is 40.2. The Morgan fingerprint density at radius 1 is 0.419 bits per heavy atom. The zero-order valence-corrected chi connectivity index (χ0v) is 80.2. The molecule has 0 aromatic heterocycles. The largest absolute Gasteiger partial charge is 0.469 e. The second-order valence-electron chi connectivity index (χ2n) is 47.8. The van der Waals surface area contributed by atoms with Crippen LogP contribution in [-0.2, 0) is 35.0 Å². The van der Waals surface area contributed by atoms with E-state index in [-0.39, 0.29) is 36.0 Å². The Balaban J connectivity index is 0.000000144. The van der Waals surface area contributed by atoms with Crippen LogP contribution in [0, 0.1) is 175 Å². The van der Waals surface area contributed by atoms with Gasteiger partial charge in [-0.2, -0.15) is 0 Å². The Bertz CT molecular complexity index is 3290. The number of carbonyl (C=O) groups excluding carboxylic acids is 3. The van der Waals surface area contributed by atoms with Gasteiger partial charge in [-0.05, 0) is 391 Å². The van der Waals surface area contributed by atoms with Crippen molar-refractivity contribution in [3.63, 3.8) is 0 Å². The van der Waals surface area contributed by atoms with Crippen molar-refractivity contribution in [3.05, 3.63) is 47.0 Å². The molecule has 0 amide bonds. The number of rotatable bonds is 24. The zero-order valence-electron chi connectivity index (χ0n) is 80.2. The highest BCUT2D eigenvalue weighted by atomic mass is 16.5. The smallest absolute Gasteiger partial charge is 0.308 e. The SMILES string of the molecule is CC(=O)OC1CCC2(C)C(=CCC3C2CCC2(C)C(C(C)CCCC(C)C)CCC32)C1.CC(=O)OC1CCC2(C)C(CCC3C2CCC2(C)C(C(C)CCCC(C)C)CCC32)C1.CCCc1ccc(C2CCC(C3CCC(CCC)CC3)CC2)cc1.COC(=O)C1CCC2(C)C(CCC3C2CCC2(C)C(C(C)CCCC(C)C)CCC32)C1. The van der Waals surface area contributed by atoms with Crippen LogP contribution in [0.5, 0.6) is 0 Å². The molecule has 13 saturated carbocycles. The van der Waals surface area contributed by atoms with Gasteiger partial charge < -0.3 is 14.2 Å². The molecule has 6 heteroatoms. The van der Waals surface area contributed by atoms with Gasteiger partial charge in [0.05, 0.1) is 13.0 Å². The number of benzene rings is 1. The summed E-state index contributed by atoms with van der Waals surface area (Å²) >= 11 is 0. The highest BCUT2D eigenvalue weighted by molar-refractivity contribution is 5.72. The van der Waals surface area contributed by atoms with Gasteiger partial charge in [0.25, 0.3) is 0 Å². The maximum atomic E-state index is 12.2. The Morgan fingerprint density at radius 3 is 1.31 bits per heavy atom. The van der Waals surface area contributed by atoms with E-state index in [1.165, 1.54) is 269 Å². The topological polar surface area (TPSA) is 78.9 Å². The summed E-state index contributed by atoms with van der Waals surface area (Å²) < 4.78 is 16.4. The molecule has 15 rings (SSSR count). The minimum atomic E-state index is -0.115. The van der Waals surface area contributed by atoms with Crippen molar-refractivity contribution in [2.24, 2.45) is 175 Å². The van der Waals surface area contributed by atoms with E-state index in [1.54, 1.807) is 32.1 Å². The summed E-state index contributed by atoms with van der Waals surface area (Å²) in [4.78, 5) is 35.2. The number of ether oxygens (including phenoxy) is 3. The first-order chi connectivity index (χ1) is 55.8. The van der Waals surface area contributed by atoms with E-state index in [4.69, 9.17) is 14.2 Å². The van der Waals surface area contributed by atoms with Gasteiger partial charge in [0.1, 0.15) is 12.2 Å². The van der Waals surface area contributed by atoms with Crippen LogP contribution in [-0.4, -0.2) is 37.2 Å². The van der Waals surface area contributed by atoms with E-state index in [1.807, 2.05) is 0 Å². The first kappa shape index (κ1) is 93.5. The number of allylic oxidation sites excluding steroid dienone is 1. The van der Waals surface area contributed by atoms with Crippen molar-refractivity contribution < 1.29 is 28.6 Å². The molecule has 0 aliphatic heterocycles. The maximum Gasteiger partial charge on any atom is 0.308 e. The van der Waals surface area contributed by atoms with Gasteiger partial charge in [0, 0.05) is 20.3 Å². The number of fused-ring (bicyclic) bond motifs is 15.